The maximum atomic E-state index is 3.86. The fraction of sp³-hybridized carbons (Fsp3) is 0.167. The minimum absolute atomic E-state index is 0.101. The van der Waals surface area contributed by atoms with Crippen molar-refractivity contribution in [1.29, 1.82) is 0 Å². The molecule has 0 radical (unpaired) electrons. The summed E-state index contributed by atoms with van der Waals surface area (Å²) in [5, 5.41) is 3.57. The molecule has 0 unspecified atom stereocenters. The molecule has 0 amide bonds. The Kier molecular flexibility index (Phi) is 23.5. The number of unbranched alkanes of at least 4 members (excludes halogenated alkanes) is 1. The zero-order valence-corrected chi connectivity index (χ0v) is 37.6. The average molecular weight is 802 g/mol. The molecular weight excluding hydrogens is 735 g/mol. The van der Waals surface area contributed by atoms with Crippen LogP contribution < -0.4 is 5.32 Å². The third-order valence-corrected chi connectivity index (χ3v) is 9.55. The summed E-state index contributed by atoms with van der Waals surface area (Å²) in [5.74, 6) is 0.101. The summed E-state index contributed by atoms with van der Waals surface area (Å²) in [5.41, 5.74) is 13.0. The van der Waals surface area contributed by atoms with Gasteiger partial charge in [-0.2, -0.15) is 0 Å². The van der Waals surface area contributed by atoms with Crippen LogP contribution in [0.1, 0.15) is 77.0 Å². The first-order valence-corrected chi connectivity index (χ1v) is 22.1. The van der Waals surface area contributed by atoms with Gasteiger partial charge in [0.1, 0.15) is 0 Å². The summed E-state index contributed by atoms with van der Waals surface area (Å²) in [6, 6.07) is 49.6. The molecule has 1 heteroatoms. The Labute approximate surface area is 369 Å². The SMILES string of the molecule is C=C/C=C\CC\C=C(/C=C(NC)/C1=C/C=C\C=C(C(c2ccccc2)c2ccccc2)/C=C\C=C\C=C\1)c1c(-c2ccccc2)cccc1-c1ccccc1.CC.CC.CC. The van der Waals surface area contributed by atoms with Crippen LogP contribution in [0.5, 0.6) is 0 Å². The van der Waals surface area contributed by atoms with Crippen molar-refractivity contribution in [2.75, 3.05) is 7.05 Å². The van der Waals surface area contributed by atoms with Crippen LogP contribution in [0.25, 0.3) is 27.8 Å². The van der Waals surface area contributed by atoms with E-state index in [1.54, 1.807) is 0 Å². The van der Waals surface area contributed by atoms with E-state index >= 15 is 0 Å². The molecule has 0 heterocycles. The number of likely N-dealkylation sites (N-methyl/N-ethyl adjacent to an activating group) is 1. The second-order valence-corrected chi connectivity index (χ2v) is 13.2. The van der Waals surface area contributed by atoms with Gasteiger partial charge in [-0.25, -0.2) is 0 Å². The second-order valence-electron chi connectivity index (χ2n) is 13.2. The topological polar surface area (TPSA) is 12.0 Å². The lowest BCUT2D eigenvalue weighted by molar-refractivity contribution is 0.977. The fourth-order valence-electron chi connectivity index (χ4n) is 6.93. The van der Waals surface area contributed by atoms with E-state index in [0.717, 1.165) is 29.7 Å². The van der Waals surface area contributed by atoms with Crippen molar-refractivity contribution in [2.45, 2.75) is 60.3 Å². The molecule has 0 fully saturated rings. The maximum Gasteiger partial charge on any atom is 0.0417 e. The van der Waals surface area contributed by atoms with Gasteiger partial charge in [0, 0.05) is 18.7 Å². The molecule has 1 aliphatic rings. The number of hydrogen-bond donors (Lipinski definition) is 1. The molecule has 1 aliphatic carbocycles. The van der Waals surface area contributed by atoms with E-state index in [4.69, 9.17) is 0 Å². The first-order chi connectivity index (χ1) is 30.3. The standard InChI is InChI=1S/C54H49N.3C2H6/c1-3-4-5-6-15-39-49(54-50(43-27-16-9-17-28-43)40-26-41-51(54)44-29-18-10-19-30-44)42-52(55-2)45-31-13-7-8-14-33-48(38-25-24-32-45)53(46-34-20-11-21-35-46)47-36-22-12-23-37-47;3*1-2/h3-5,7-14,16-42,53,55H,1,6,15H2,2H3;3*1-2H3/b5-4-,8-7+,13-7?,14-8?,25-24-,31-13+,32-24?,33-14-,38-25?,45-31?,45-32+,48-33?,48-38+,49-39+,52-42-;;;. The molecule has 1 nitrogen and oxygen atoms in total. The van der Waals surface area contributed by atoms with Crippen LogP contribution in [-0.2, 0) is 0 Å². The third kappa shape index (κ3) is 15.1. The Bertz CT molecular complexity index is 2180. The van der Waals surface area contributed by atoms with Gasteiger partial charge in [0.05, 0.1) is 0 Å². The van der Waals surface area contributed by atoms with Gasteiger partial charge in [-0.05, 0) is 74.6 Å². The highest BCUT2D eigenvalue weighted by molar-refractivity contribution is 5.94. The minimum atomic E-state index is 0.101. The van der Waals surface area contributed by atoms with Crippen molar-refractivity contribution in [2.24, 2.45) is 0 Å². The van der Waals surface area contributed by atoms with E-state index < -0.39 is 0 Å². The highest BCUT2D eigenvalue weighted by Gasteiger charge is 2.18. The quantitative estimate of drug-likeness (QED) is 0.0924. The van der Waals surface area contributed by atoms with Crippen LogP contribution in [0.15, 0.2) is 254 Å². The molecule has 5 aromatic rings. The predicted octanol–water partition coefficient (Wildman–Crippen LogP) is 17.0. The molecule has 0 saturated carbocycles. The molecule has 61 heavy (non-hydrogen) atoms. The summed E-state index contributed by atoms with van der Waals surface area (Å²) in [6.45, 7) is 15.9. The van der Waals surface area contributed by atoms with Gasteiger partial charge in [0.25, 0.3) is 0 Å². The number of benzene rings is 5. The Morgan fingerprint density at radius 2 is 1.03 bits per heavy atom. The molecule has 0 spiro atoms. The zero-order valence-electron chi connectivity index (χ0n) is 37.6. The molecule has 0 atom stereocenters. The van der Waals surface area contributed by atoms with E-state index in [0.29, 0.717) is 0 Å². The van der Waals surface area contributed by atoms with Gasteiger partial charge >= 0.3 is 0 Å². The lowest BCUT2D eigenvalue weighted by atomic mass is 9.84. The van der Waals surface area contributed by atoms with Crippen molar-refractivity contribution < 1.29 is 0 Å². The Morgan fingerprint density at radius 3 is 1.54 bits per heavy atom. The van der Waals surface area contributed by atoms with Gasteiger partial charge < -0.3 is 5.32 Å². The monoisotopic (exact) mass is 802 g/mol. The van der Waals surface area contributed by atoms with Crippen LogP contribution in [0.3, 0.4) is 0 Å². The normalized spacial score (nSPS) is 16.4. The third-order valence-electron chi connectivity index (χ3n) is 9.55. The van der Waals surface area contributed by atoms with Crippen LogP contribution in [0.2, 0.25) is 0 Å². The summed E-state index contributed by atoms with van der Waals surface area (Å²) in [4.78, 5) is 0. The van der Waals surface area contributed by atoms with Crippen LogP contribution in [-0.4, -0.2) is 7.05 Å². The summed E-state index contributed by atoms with van der Waals surface area (Å²) in [7, 11) is 2.01. The molecule has 0 saturated heterocycles. The van der Waals surface area contributed by atoms with E-state index in [1.807, 2.05) is 60.7 Å². The summed E-state index contributed by atoms with van der Waals surface area (Å²) in [6.07, 6.45) is 34.1. The lowest BCUT2D eigenvalue weighted by Gasteiger charge is -2.20. The molecule has 6 rings (SSSR count). The molecule has 0 aliphatic heterocycles. The van der Waals surface area contributed by atoms with Crippen LogP contribution in [0, 0.1) is 0 Å². The largest absolute Gasteiger partial charge is 0.388 e. The minimum Gasteiger partial charge on any atom is -0.388 e. The van der Waals surface area contributed by atoms with Crippen molar-refractivity contribution in [3.63, 3.8) is 0 Å². The highest BCUT2D eigenvalue weighted by Crippen LogP contribution is 2.39. The van der Waals surface area contributed by atoms with E-state index in [9.17, 15) is 0 Å². The Morgan fingerprint density at radius 1 is 0.541 bits per heavy atom. The predicted molar refractivity (Wildman–Crippen MR) is 273 cm³/mol. The zero-order chi connectivity index (χ0) is 43.9. The Balaban J connectivity index is 0.00000158. The van der Waals surface area contributed by atoms with Gasteiger partial charge in [-0.15, -0.1) is 0 Å². The maximum absolute atomic E-state index is 3.86. The second kappa shape index (κ2) is 29.5. The summed E-state index contributed by atoms with van der Waals surface area (Å²) < 4.78 is 0. The molecule has 0 aromatic heterocycles. The van der Waals surface area contributed by atoms with Gasteiger partial charge in [-0.1, -0.05) is 273 Å². The molecular formula is C60H67N. The van der Waals surface area contributed by atoms with E-state index in [2.05, 4.69) is 230 Å². The number of nitrogens with one attached hydrogen (secondary N) is 1. The summed E-state index contributed by atoms with van der Waals surface area (Å²) >= 11 is 0. The van der Waals surface area contributed by atoms with Crippen molar-refractivity contribution in [1.82, 2.24) is 5.32 Å². The van der Waals surface area contributed by atoms with E-state index in [-0.39, 0.29) is 5.92 Å². The molecule has 1 N–H and O–H groups in total. The Hall–Kier alpha value is -6.70. The molecule has 5 aromatic carbocycles. The lowest BCUT2D eigenvalue weighted by Crippen LogP contribution is -2.08. The molecule has 312 valence electrons. The highest BCUT2D eigenvalue weighted by atomic mass is 14.8. The van der Waals surface area contributed by atoms with Crippen molar-refractivity contribution in [3.05, 3.63) is 271 Å². The number of rotatable bonds is 13. The van der Waals surface area contributed by atoms with Crippen molar-refractivity contribution in [3.8, 4) is 22.3 Å². The smallest absolute Gasteiger partial charge is 0.0417 e. The number of allylic oxidation sites excluding steroid dienone is 17. The first kappa shape index (κ1) is 48.7. The fourth-order valence-corrected chi connectivity index (χ4v) is 6.93. The van der Waals surface area contributed by atoms with E-state index in [1.165, 1.54) is 44.5 Å². The first-order valence-electron chi connectivity index (χ1n) is 22.1. The average Bonchev–Trinajstić information content (AvgIpc) is 3.34. The van der Waals surface area contributed by atoms with Crippen LogP contribution >= 0.6 is 0 Å². The van der Waals surface area contributed by atoms with Crippen LogP contribution in [0.4, 0.5) is 0 Å². The van der Waals surface area contributed by atoms with Gasteiger partial charge in [-0.3, -0.25) is 0 Å². The van der Waals surface area contributed by atoms with Gasteiger partial charge in [0.2, 0.25) is 0 Å². The number of hydrogen-bond acceptors (Lipinski definition) is 1. The molecule has 0 bridgehead atoms. The van der Waals surface area contributed by atoms with Gasteiger partial charge in [0.15, 0.2) is 0 Å². The van der Waals surface area contributed by atoms with Crippen molar-refractivity contribution >= 4 is 5.57 Å².